The van der Waals surface area contributed by atoms with Crippen LogP contribution < -0.4 is 15.6 Å². The molecule has 6 nitrogen and oxygen atoms in total. The molecule has 0 fully saturated rings. The van der Waals surface area contributed by atoms with Crippen molar-refractivity contribution in [1.29, 1.82) is 0 Å². The van der Waals surface area contributed by atoms with E-state index >= 15 is 0 Å². The number of hydrogen-bond acceptors (Lipinski definition) is 5. The summed E-state index contributed by atoms with van der Waals surface area (Å²) < 4.78 is 7.79. The number of rotatable bonds is 5. The van der Waals surface area contributed by atoms with Gasteiger partial charge in [0.05, 0.1) is 17.1 Å². The van der Waals surface area contributed by atoms with Crippen LogP contribution in [0.15, 0.2) is 45.3 Å². The van der Waals surface area contributed by atoms with Crippen LogP contribution in [0.3, 0.4) is 0 Å². The average molecular weight is 436 g/mol. The molecule has 136 valence electrons. The first-order chi connectivity index (χ1) is 12.5. The second-order valence-corrected chi connectivity index (χ2v) is 7.66. The first-order valence-corrected chi connectivity index (χ1v) is 9.72. The van der Waals surface area contributed by atoms with E-state index in [1.54, 1.807) is 24.8 Å². The minimum atomic E-state index is -0.356. The van der Waals surface area contributed by atoms with Gasteiger partial charge < -0.3 is 14.6 Å². The van der Waals surface area contributed by atoms with Gasteiger partial charge in [-0.2, -0.15) is 4.98 Å². The average Bonchev–Trinajstić information content (AvgIpc) is 2.62. The van der Waals surface area contributed by atoms with E-state index in [2.05, 4.69) is 32.8 Å². The van der Waals surface area contributed by atoms with Crippen molar-refractivity contribution in [3.63, 3.8) is 0 Å². The fourth-order valence-electron chi connectivity index (χ4n) is 2.98. The van der Waals surface area contributed by atoms with E-state index in [-0.39, 0.29) is 23.8 Å². The molecule has 1 atom stereocenters. The summed E-state index contributed by atoms with van der Waals surface area (Å²) in [6, 6.07) is 5.57. The summed E-state index contributed by atoms with van der Waals surface area (Å²) in [5.41, 5.74) is 1.05. The molecule has 1 N–H and O–H groups in total. The third kappa shape index (κ3) is 3.43. The number of nitrogens with zero attached hydrogens (tertiary/aromatic N) is 2. The highest BCUT2D eigenvalue weighted by atomic mass is 79.9. The monoisotopic (exact) mass is 435 g/mol. The number of thioether (sulfide) groups is 1. The summed E-state index contributed by atoms with van der Waals surface area (Å²) in [5.74, 6) is 1.34. The van der Waals surface area contributed by atoms with Gasteiger partial charge in [-0.3, -0.25) is 9.59 Å². The molecular weight excluding hydrogens is 418 g/mol. The van der Waals surface area contributed by atoms with Crippen molar-refractivity contribution < 1.29 is 9.53 Å². The Morgan fingerprint density at radius 2 is 2.27 bits per heavy atom. The molecule has 1 aromatic heterocycles. The first kappa shape index (κ1) is 18.7. The van der Waals surface area contributed by atoms with Crippen LogP contribution in [-0.2, 0) is 11.8 Å². The topological polar surface area (TPSA) is 73.2 Å². The zero-order valence-electron chi connectivity index (χ0n) is 14.4. The molecule has 3 rings (SSSR count). The van der Waals surface area contributed by atoms with Gasteiger partial charge in [0.2, 0.25) is 5.91 Å². The Kier molecular flexibility index (Phi) is 5.52. The van der Waals surface area contributed by atoms with Crippen LogP contribution in [0, 0.1) is 0 Å². The van der Waals surface area contributed by atoms with Crippen molar-refractivity contribution in [2.24, 2.45) is 7.05 Å². The summed E-state index contributed by atoms with van der Waals surface area (Å²) in [4.78, 5) is 29.3. The molecule has 0 unspecified atom stereocenters. The van der Waals surface area contributed by atoms with Crippen molar-refractivity contribution in [1.82, 2.24) is 9.55 Å². The zero-order chi connectivity index (χ0) is 18.8. The van der Waals surface area contributed by atoms with Crippen molar-refractivity contribution in [3.8, 4) is 5.75 Å². The summed E-state index contributed by atoms with van der Waals surface area (Å²) in [6.07, 6.45) is 1.94. The van der Waals surface area contributed by atoms with Gasteiger partial charge in [-0.25, -0.2) is 0 Å². The van der Waals surface area contributed by atoms with Gasteiger partial charge in [0, 0.05) is 25.1 Å². The maximum atomic E-state index is 12.7. The molecule has 0 saturated carbocycles. The maximum Gasteiger partial charge on any atom is 0.279 e. The number of anilines is 1. The van der Waals surface area contributed by atoms with Crippen molar-refractivity contribution in [3.05, 3.63) is 56.8 Å². The van der Waals surface area contributed by atoms with Gasteiger partial charge in [0.15, 0.2) is 5.16 Å². The van der Waals surface area contributed by atoms with Gasteiger partial charge >= 0.3 is 0 Å². The molecule has 1 aliphatic heterocycles. The molecule has 0 aliphatic carbocycles. The van der Waals surface area contributed by atoms with E-state index in [0.29, 0.717) is 28.0 Å². The highest BCUT2D eigenvalue weighted by Crippen LogP contribution is 2.38. The third-order valence-electron chi connectivity index (χ3n) is 4.21. The van der Waals surface area contributed by atoms with E-state index in [9.17, 15) is 9.59 Å². The summed E-state index contributed by atoms with van der Waals surface area (Å²) >= 11 is 4.86. The number of nitrogens with one attached hydrogen (secondary N) is 1. The SMILES string of the molecule is C=CCSc1nc(=O)c2c(n1C)NC(=O)C[C@H]2c1ccc(OC)c(Br)c1. The van der Waals surface area contributed by atoms with Crippen LogP contribution in [0.2, 0.25) is 0 Å². The number of fused-ring (bicyclic) bond motifs is 1. The highest BCUT2D eigenvalue weighted by molar-refractivity contribution is 9.10. The second kappa shape index (κ2) is 7.67. The minimum Gasteiger partial charge on any atom is -0.496 e. The lowest BCUT2D eigenvalue weighted by Crippen LogP contribution is -2.33. The highest BCUT2D eigenvalue weighted by Gasteiger charge is 2.32. The van der Waals surface area contributed by atoms with E-state index < -0.39 is 0 Å². The molecule has 1 aromatic carbocycles. The molecule has 0 spiro atoms. The predicted octanol–water partition coefficient (Wildman–Crippen LogP) is 3.30. The molecule has 1 amide bonds. The lowest BCUT2D eigenvalue weighted by atomic mass is 9.87. The van der Waals surface area contributed by atoms with E-state index in [1.165, 1.54) is 11.8 Å². The molecule has 8 heteroatoms. The normalized spacial score (nSPS) is 16.0. The summed E-state index contributed by atoms with van der Waals surface area (Å²) in [7, 11) is 3.38. The predicted molar refractivity (Wildman–Crippen MR) is 106 cm³/mol. The van der Waals surface area contributed by atoms with Crippen LogP contribution >= 0.6 is 27.7 Å². The number of carbonyl (C=O) groups is 1. The number of carbonyl (C=O) groups excluding carboxylic acids is 1. The number of aromatic nitrogens is 2. The van der Waals surface area contributed by atoms with Gasteiger partial charge in [-0.1, -0.05) is 23.9 Å². The smallest absolute Gasteiger partial charge is 0.279 e. The molecular formula is C18H18BrN3O3S. The van der Waals surface area contributed by atoms with E-state index in [0.717, 1.165) is 10.0 Å². The molecule has 2 heterocycles. The Bertz CT molecular complexity index is 942. The lowest BCUT2D eigenvalue weighted by molar-refractivity contribution is -0.116. The standard InChI is InChI=1S/C18H18BrN3O3S/c1-4-7-26-18-21-17(24)15-11(9-14(23)20-16(15)22(18)2)10-5-6-13(25-3)12(19)8-10/h4-6,8,11H,1,7,9H2,2-3H3,(H,20,23)/t11-/m0/s1. The first-order valence-electron chi connectivity index (χ1n) is 7.94. The number of ether oxygens (including phenoxy) is 1. The third-order valence-corrected chi connectivity index (χ3v) is 5.85. The number of halogens is 1. The van der Waals surface area contributed by atoms with Crippen LogP contribution in [0.5, 0.6) is 5.75 Å². The van der Waals surface area contributed by atoms with Gasteiger partial charge in [0.25, 0.3) is 5.56 Å². The Balaban J connectivity index is 2.13. The van der Waals surface area contributed by atoms with Crippen molar-refractivity contribution in [2.45, 2.75) is 17.5 Å². The number of benzene rings is 1. The molecule has 0 bridgehead atoms. The molecule has 0 saturated heterocycles. The molecule has 26 heavy (non-hydrogen) atoms. The minimum absolute atomic E-state index is 0.129. The Labute approximate surface area is 163 Å². The Hall–Kier alpha value is -2.06. The summed E-state index contributed by atoms with van der Waals surface area (Å²) in [5, 5.41) is 3.38. The second-order valence-electron chi connectivity index (χ2n) is 5.82. The number of hydrogen-bond donors (Lipinski definition) is 1. The van der Waals surface area contributed by atoms with Crippen LogP contribution in [0.1, 0.15) is 23.5 Å². The van der Waals surface area contributed by atoms with Gasteiger partial charge in [-0.05, 0) is 33.6 Å². The van der Waals surface area contributed by atoms with Crippen molar-refractivity contribution in [2.75, 3.05) is 18.2 Å². The van der Waals surface area contributed by atoms with Crippen LogP contribution in [0.25, 0.3) is 0 Å². The van der Waals surface area contributed by atoms with Crippen LogP contribution in [-0.4, -0.2) is 28.3 Å². The number of amides is 1. The largest absolute Gasteiger partial charge is 0.496 e. The van der Waals surface area contributed by atoms with Crippen LogP contribution in [0.4, 0.5) is 5.82 Å². The molecule has 2 aromatic rings. The van der Waals surface area contributed by atoms with E-state index in [4.69, 9.17) is 4.74 Å². The fourth-order valence-corrected chi connectivity index (χ4v) is 4.24. The Morgan fingerprint density at radius 1 is 1.50 bits per heavy atom. The number of methoxy groups -OCH3 is 1. The van der Waals surface area contributed by atoms with Crippen molar-refractivity contribution >= 4 is 39.4 Å². The van der Waals surface area contributed by atoms with Gasteiger partial charge in [-0.15, -0.1) is 6.58 Å². The van der Waals surface area contributed by atoms with Gasteiger partial charge in [0.1, 0.15) is 11.6 Å². The molecule has 1 aliphatic rings. The summed E-state index contributed by atoms with van der Waals surface area (Å²) in [6.45, 7) is 3.68. The lowest BCUT2D eigenvalue weighted by Gasteiger charge is -2.27. The van der Waals surface area contributed by atoms with E-state index in [1.807, 2.05) is 18.2 Å². The molecule has 0 radical (unpaired) electrons. The quantitative estimate of drug-likeness (QED) is 0.443. The zero-order valence-corrected chi connectivity index (χ0v) is 16.8. The maximum absolute atomic E-state index is 12.7. The Morgan fingerprint density at radius 3 is 2.92 bits per heavy atom. The fraction of sp³-hybridized carbons (Fsp3) is 0.278.